The minimum atomic E-state index is -3.76. The average Bonchev–Trinajstić information content (AvgIpc) is 2.90. The molecule has 1 fully saturated rings. The first-order valence-electron chi connectivity index (χ1n) is 6.36. The van der Waals surface area contributed by atoms with Crippen LogP contribution in [-0.2, 0) is 10.0 Å². The maximum absolute atomic E-state index is 13.0. The Labute approximate surface area is 124 Å². The summed E-state index contributed by atoms with van der Waals surface area (Å²) in [4.78, 5) is 3.39. The second-order valence-corrected chi connectivity index (χ2v) is 6.56. The lowest BCUT2D eigenvalue weighted by atomic mass is 9.99. The number of nitrogens with zero attached hydrogens (tertiary/aromatic N) is 1. The number of pyridine rings is 1. The summed E-state index contributed by atoms with van der Waals surface area (Å²) >= 11 is 0. The van der Waals surface area contributed by atoms with Gasteiger partial charge < -0.3 is 5.73 Å². The van der Waals surface area contributed by atoms with E-state index in [-0.39, 0.29) is 35.8 Å². The van der Waals surface area contributed by atoms with Gasteiger partial charge in [0.2, 0.25) is 10.0 Å². The van der Waals surface area contributed by atoms with Crippen molar-refractivity contribution in [2.24, 2.45) is 11.7 Å². The zero-order valence-electron chi connectivity index (χ0n) is 11.0. The zero-order chi connectivity index (χ0) is 13.9. The van der Waals surface area contributed by atoms with Crippen LogP contribution in [0.25, 0.3) is 0 Å². The first-order chi connectivity index (χ1) is 9.03. The summed E-state index contributed by atoms with van der Waals surface area (Å²) in [5, 5.41) is 0. The van der Waals surface area contributed by atoms with Gasteiger partial charge in [0.15, 0.2) is 0 Å². The lowest BCUT2D eigenvalue weighted by Gasteiger charge is -2.22. The number of rotatable bonds is 5. The Bertz CT molecular complexity index is 535. The Hall–Kier alpha value is -0.760. The summed E-state index contributed by atoms with van der Waals surface area (Å²) in [6, 6.07) is 0.660. The van der Waals surface area contributed by atoms with E-state index in [0.717, 1.165) is 44.1 Å². The van der Waals surface area contributed by atoms with Crippen molar-refractivity contribution in [1.82, 2.24) is 9.71 Å². The number of hydrogen-bond acceptors (Lipinski definition) is 4. The van der Waals surface area contributed by atoms with Crippen LogP contribution < -0.4 is 10.5 Å². The van der Waals surface area contributed by atoms with Gasteiger partial charge in [-0.3, -0.25) is 4.98 Å². The van der Waals surface area contributed by atoms with E-state index < -0.39 is 15.8 Å². The average molecular weight is 324 g/mol. The maximum Gasteiger partial charge on any atom is 0.242 e. The van der Waals surface area contributed by atoms with Crippen LogP contribution >= 0.6 is 12.4 Å². The molecule has 1 aromatic heterocycles. The van der Waals surface area contributed by atoms with E-state index in [2.05, 4.69) is 9.71 Å². The summed E-state index contributed by atoms with van der Waals surface area (Å²) in [5.74, 6) is -0.408. The van der Waals surface area contributed by atoms with Gasteiger partial charge in [0, 0.05) is 18.8 Å². The molecule has 0 radical (unpaired) electrons. The summed E-state index contributed by atoms with van der Waals surface area (Å²) in [6.45, 7) is 0.243. The normalized spacial score (nSPS) is 17.7. The van der Waals surface area contributed by atoms with Crippen LogP contribution in [0.5, 0.6) is 0 Å². The van der Waals surface area contributed by atoms with Gasteiger partial charge in [-0.25, -0.2) is 17.5 Å². The van der Waals surface area contributed by atoms with Gasteiger partial charge in [0.1, 0.15) is 10.7 Å². The highest BCUT2D eigenvalue weighted by molar-refractivity contribution is 7.89. The molecular formula is C12H19ClFN3O2S. The van der Waals surface area contributed by atoms with E-state index in [1.54, 1.807) is 0 Å². The standard InChI is InChI=1S/C12H18FN3O2S.ClH/c13-10-5-11(8-15-7-10)19(17,18)16-12(6-14)9-3-1-2-4-9;/h5,7-9,12,16H,1-4,6,14H2;1H. The van der Waals surface area contributed by atoms with E-state index in [1.165, 1.54) is 0 Å². The molecule has 0 aromatic carbocycles. The molecule has 1 unspecified atom stereocenters. The molecular weight excluding hydrogens is 305 g/mol. The van der Waals surface area contributed by atoms with Crippen molar-refractivity contribution in [3.8, 4) is 0 Å². The minimum Gasteiger partial charge on any atom is -0.329 e. The highest BCUT2D eigenvalue weighted by Crippen LogP contribution is 2.28. The second kappa shape index (κ2) is 7.31. The maximum atomic E-state index is 13.0. The minimum absolute atomic E-state index is 0. The van der Waals surface area contributed by atoms with Crippen LogP contribution in [0.1, 0.15) is 25.7 Å². The highest BCUT2D eigenvalue weighted by atomic mass is 35.5. The summed E-state index contributed by atoms with van der Waals surface area (Å²) in [5.41, 5.74) is 5.65. The Morgan fingerprint density at radius 3 is 2.60 bits per heavy atom. The van der Waals surface area contributed by atoms with Crippen LogP contribution in [0.2, 0.25) is 0 Å². The van der Waals surface area contributed by atoms with Crippen LogP contribution in [0, 0.1) is 11.7 Å². The van der Waals surface area contributed by atoms with E-state index in [1.807, 2.05) is 0 Å². The van der Waals surface area contributed by atoms with Gasteiger partial charge in [0.25, 0.3) is 0 Å². The second-order valence-electron chi connectivity index (χ2n) is 4.85. The Balaban J connectivity index is 0.00000200. The molecule has 20 heavy (non-hydrogen) atoms. The fourth-order valence-electron chi connectivity index (χ4n) is 2.50. The first kappa shape index (κ1) is 17.3. The smallest absolute Gasteiger partial charge is 0.242 e. The molecule has 8 heteroatoms. The third kappa shape index (κ3) is 4.12. The van der Waals surface area contributed by atoms with Crippen molar-refractivity contribution >= 4 is 22.4 Å². The molecule has 1 aliphatic rings. The molecule has 0 saturated heterocycles. The molecule has 1 heterocycles. The molecule has 0 amide bonds. The fraction of sp³-hybridized carbons (Fsp3) is 0.583. The van der Waals surface area contributed by atoms with Gasteiger partial charge in [0.05, 0.1) is 6.20 Å². The third-order valence-electron chi connectivity index (χ3n) is 3.52. The fourth-order valence-corrected chi connectivity index (χ4v) is 3.79. The molecule has 1 aromatic rings. The van der Waals surface area contributed by atoms with Crippen molar-refractivity contribution < 1.29 is 12.8 Å². The molecule has 1 saturated carbocycles. The molecule has 1 atom stereocenters. The van der Waals surface area contributed by atoms with Crippen LogP contribution in [-0.4, -0.2) is 26.0 Å². The summed E-state index contributed by atoms with van der Waals surface area (Å²) in [6.07, 6.45) is 6.26. The van der Waals surface area contributed by atoms with Gasteiger partial charge in [-0.05, 0) is 24.8 Å². The number of aromatic nitrogens is 1. The molecule has 2 rings (SSSR count). The number of halogens is 2. The van der Waals surface area contributed by atoms with E-state index in [0.29, 0.717) is 0 Å². The van der Waals surface area contributed by atoms with Crippen molar-refractivity contribution in [2.45, 2.75) is 36.6 Å². The molecule has 1 aliphatic carbocycles. The SMILES string of the molecule is Cl.NCC(NS(=O)(=O)c1cncc(F)c1)C1CCCC1. The lowest BCUT2D eigenvalue weighted by Crippen LogP contribution is -2.44. The van der Waals surface area contributed by atoms with Crippen LogP contribution in [0.3, 0.4) is 0 Å². The predicted octanol–water partition coefficient (Wildman–Crippen LogP) is 1.44. The van der Waals surface area contributed by atoms with Crippen molar-refractivity contribution in [1.29, 1.82) is 0 Å². The molecule has 0 bridgehead atoms. The van der Waals surface area contributed by atoms with Gasteiger partial charge in [-0.15, -0.1) is 12.4 Å². The van der Waals surface area contributed by atoms with E-state index in [9.17, 15) is 12.8 Å². The van der Waals surface area contributed by atoms with Crippen molar-refractivity contribution in [3.63, 3.8) is 0 Å². The Morgan fingerprint density at radius 2 is 2.05 bits per heavy atom. The van der Waals surface area contributed by atoms with Crippen LogP contribution in [0.15, 0.2) is 23.4 Å². The van der Waals surface area contributed by atoms with Gasteiger partial charge in [-0.1, -0.05) is 12.8 Å². The number of sulfonamides is 1. The lowest BCUT2D eigenvalue weighted by molar-refractivity contribution is 0.405. The first-order valence-corrected chi connectivity index (χ1v) is 7.84. The Kier molecular flexibility index (Phi) is 6.32. The predicted molar refractivity (Wildman–Crippen MR) is 76.6 cm³/mol. The van der Waals surface area contributed by atoms with E-state index in [4.69, 9.17) is 5.73 Å². The molecule has 0 spiro atoms. The quantitative estimate of drug-likeness (QED) is 0.858. The number of hydrogen-bond donors (Lipinski definition) is 2. The van der Waals surface area contributed by atoms with Gasteiger partial charge >= 0.3 is 0 Å². The van der Waals surface area contributed by atoms with Crippen LogP contribution in [0.4, 0.5) is 4.39 Å². The number of nitrogens with one attached hydrogen (secondary N) is 1. The summed E-state index contributed by atoms with van der Waals surface area (Å²) in [7, 11) is -3.76. The summed E-state index contributed by atoms with van der Waals surface area (Å²) < 4.78 is 39.9. The largest absolute Gasteiger partial charge is 0.329 e. The molecule has 114 valence electrons. The van der Waals surface area contributed by atoms with E-state index >= 15 is 0 Å². The molecule has 3 N–H and O–H groups in total. The topological polar surface area (TPSA) is 85.1 Å². The van der Waals surface area contributed by atoms with Crippen molar-refractivity contribution in [3.05, 3.63) is 24.3 Å². The molecule has 5 nitrogen and oxygen atoms in total. The highest BCUT2D eigenvalue weighted by Gasteiger charge is 2.28. The van der Waals surface area contributed by atoms with Gasteiger partial charge in [-0.2, -0.15) is 0 Å². The van der Waals surface area contributed by atoms with Crippen molar-refractivity contribution in [2.75, 3.05) is 6.54 Å². The monoisotopic (exact) mass is 323 g/mol. The Morgan fingerprint density at radius 1 is 1.40 bits per heavy atom. The third-order valence-corrected chi connectivity index (χ3v) is 4.98. The zero-order valence-corrected chi connectivity index (χ0v) is 12.6. The molecule has 0 aliphatic heterocycles. The number of nitrogens with two attached hydrogens (primary N) is 1.